The van der Waals surface area contributed by atoms with Gasteiger partial charge in [-0.1, -0.05) is 6.07 Å². The van der Waals surface area contributed by atoms with E-state index in [1.165, 1.54) is 25.1 Å². The highest BCUT2D eigenvalue weighted by atomic mass is 16.3. The third kappa shape index (κ3) is 2.74. The van der Waals surface area contributed by atoms with Crippen molar-refractivity contribution in [2.24, 2.45) is 0 Å². The molecule has 0 aliphatic carbocycles. The number of fused-ring (bicyclic) bond motifs is 1. The molecule has 9 nitrogen and oxygen atoms in total. The number of benzene rings is 1. The van der Waals surface area contributed by atoms with Crippen LogP contribution in [0.3, 0.4) is 0 Å². The molecule has 0 unspecified atom stereocenters. The molecule has 2 aliphatic heterocycles. The average Bonchev–Trinajstić information content (AvgIpc) is 3.31. The highest BCUT2D eigenvalue weighted by molar-refractivity contribution is 6.30. The van der Waals surface area contributed by atoms with E-state index in [0.29, 0.717) is 22.5 Å². The summed E-state index contributed by atoms with van der Waals surface area (Å²) in [5.41, 5.74) is 1.01. The van der Waals surface area contributed by atoms with Crippen LogP contribution in [0, 0.1) is 0 Å². The predicted molar refractivity (Wildman–Crippen MR) is 104 cm³/mol. The van der Waals surface area contributed by atoms with Gasteiger partial charge in [-0.2, -0.15) is 0 Å². The van der Waals surface area contributed by atoms with E-state index in [-0.39, 0.29) is 29.7 Å². The molecular formula is C21H17N3O6. The van der Waals surface area contributed by atoms with Crippen LogP contribution in [0.5, 0.6) is 0 Å². The van der Waals surface area contributed by atoms with Gasteiger partial charge in [0.05, 0.1) is 11.1 Å². The lowest BCUT2D eigenvalue weighted by atomic mass is 10.0. The van der Waals surface area contributed by atoms with Crippen molar-refractivity contribution < 1.29 is 28.4 Å². The van der Waals surface area contributed by atoms with Gasteiger partial charge in [0.25, 0.3) is 23.6 Å². The Morgan fingerprint density at radius 3 is 2.10 bits per heavy atom. The number of amides is 6. The Morgan fingerprint density at radius 2 is 1.47 bits per heavy atom. The lowest BCUT2D eigenvalue weighted by Gasteiger charge is -2.28. The molecule has 6 amide bonds. The van der Waals surface area contributed by atoms with Gasteiger partial charge >= 0.3 is 6.03 Å². The van der Waals surface area contributed by atoms with Crippen LogP contribution in [0.4, 0.5) is 4.79 Å². The summed E-state index contributed by atoms with van der Waals surface area (Å²) in [7, 11) is 2.58. The lowest BCUT2D eigenvalue weighted by Crippen LogP contribution is -2.52. The number of barbiturate groups is 1. The molecule has 30 heavy (non-hydrogen) atoms. The Balaban J connectivity index is 1.67. The average molecular weight is 407 g/mol. The van der Waals surface area contributed by atoms with Crippen molar-refractivity contribution >= 4 is 35.7 Å². The van der Waals surface area contributed by atoms with Crippen LogP contribution in [0.1, 0.15) is 33.4 Å². The zero-order valence-electron chi connectivity index (χ0n) is 16.5. The normalized spacial score (nSPS) is 16.7. The molecule has 152 valence electrons. The zero-order chi connectivity index (χ0) is 21.7. The highest BCUT2D eigenvalue weighted by Crippen LogP contribution is 2.30. The molecule has 0 radical (unpaired) electrons. The monoisotopic (exact) mass is 407 g/mol. The second-order valence-electron chi connectivity index (χ2n) is 6.89. The summed E-state index contributed by atoms with van der Waals surface area (Å²) in [5.74, 6) is -1.50. The van der Waals surface area contributed by atoms with E-state index in [1.54, 1.807) is 37.3 Å². The van der Waals surface area contributed by atoms with Crippen molar-refractivity contribution in [2.45, 2.75) is 6.92 Å². The standard InChI is InChI=1S/C21H17N3O6/c1-4-24-19(27)13-7-5-11(9-14(13)20(24)28)16-8-6-12(30-16)10-15-17(25)22(2)21(29)23(3)18(15)26/h5-10H,4H2,1-3H3. The van der Waals surface area contributed by atoms with E-state index in [2.05, 4.69) is 0 Å². The van der Waals surface area contributed by atoms with Crippen LogP contribution < -0.4 is 0 Å². The molecule has 1 fully saturated rings. The first-order valence-electron chi connectivity index (χ1n) is 9.16. The smallest absolute Gasteiger partial charge is 0.333 e. The number of urea groups is 1. The van der Waals surface area contributed by atoms with Gasteiger partial charge in [-0.05, 0) is 37.3 Å². The molecule has 2 aliphatic rings. The molecule has 0 atom stereocenters. The van der Waals surface area contributed by atoms with Gasteiger partial charge in [-0.25, -0.2) is 4.79 Å². The van der Waals surface area contributed by atoms with Crippen LogP contribution >= 0.6 is 0 Å². The number of hydrogen-bond donors (Lipinski definition) is 0. The third-order valence-corrected chi connectivity index (χ3v) is 5.13. The Bertz CT molecular complexity index is 1150. The SMILES string of the molecule is CCN1C(=O)c2ccc(-c3ccc(C=C4C(=O)N(C)C(=O)N(C)C4=O)o3)cc2C1=O. The van der Waals surface area contributed by atoms with Crippen LogP contribution in [0.2, 0.25) is 0 Å². The first kappa shape index (κ1) is 19.3. The Morgan fingerprint density at radius 1 is 0.833 bits per heavy atom. The quantitative estimate of drug-likeness (QED) is 0.437. The maximum absolute atomic E-state index is 12.4. The number of nitrogens with zero attached hydrogens (tertiary/aromatic N) is 3. The molecule has 0 bridgehead atoms. The van der Waals surface area contributed by atoms with E-state index in [4.69, 9.17) is 4.42 Å². The fraction of sp³-hybridized carbons (Fsp3) is 0.190. The predicted octanol–water partition coefficient (Wildman–Crippen LogP) is 2.00. The molecule has 3 heterocycles. The molecular weight excluding hydrogens is 390 g/mol. The van der Waals surface area contributed by atoms with E-state index < -0.39 is 17.8 Å². The molecule has 0 saturated carbocycles. The van der Waals surface area contributed by atoms with Gasteiger partial charge in [0.15, 0.2) is 0 Å². The third-order valence-electron chi connectivity index (χ3n) is 5.13. The minimum Gasteiger partial charge on any atom is -0.457 e. The number of furan rings is 1. The summed E-state index contributed by atoms with van der Waals surface area (Å²) in [6, 6.07) is 7.31. The summed E-state index contributed by atoms with van der Waals surface area (Å²) < 4.78 is 5.73. The number of carbonyl (C=O) groups excluding carboxylic acids is 5. The van der Waals surface area contributed by atoms with Crippen LogP contribution in [0.15, 0.2) is 40.3 Å². The summed E-state index contributed by atoms with van der Waals surface area (Å²) >= 11 is 0. The van der Waals surface area contributed by atoms with Crippen molar-refractivity contribution in [1.82, 2.24) is 14.7 Å². The second kappa shape index (κ2) is 6.80. The maximum Gasteiger partial charge on any atom is 0.333 e. The number of likely N-dealkylation sites (N-methyl/N-ethyl adjacent to an activating group) is 2. The maximum atomic E-state index is 12.4. The van der Waals surface area contributed by atoms with Gasteiger partial charge in [0.1, 0.15) is 17.1 Å². The second-order valence-corrected chi connectivity index (χ2v) is 6.89. The largest absolute Gasteiger partial charge is 0.457 e. The molecule has 0 spiro atoms. The molecule has 4 rings (SSSR count). The van der Waals surface area contributed by atoms with Gasteiger partial charge in [-0.3, -0.25) is 33.9 Å². The lowest BCUT2D eigenvalue weighted by molar-refractivity contribution is -0.134. The van der Waals surface area contributed by atoms with Crippen LogP contribution in [-0.2, 0) is 9.59 Å². The Hall–Kier alpha value is -4.01. The molecule has 1 saturated heterocycles. The van der Waals surface area contributed by atoms with E-state index in [1.807, 2.05) is 0 Å². The van der Waals surface area contributed by atoms with E-state index in [0.717, 1.165) is 9.80 Å². The molecule has 9 heteroatoms. The number of hydrogen-bond acceptors (Lipinski definition) is 6. The fourth-order valence-corrected chi connectivity index (χ4v) is 3.43. The van der Waals surface area contributed by atoms with Gasteiger partial charge in [0, 0.05) is 26.2 Å². The van der Waals surface area contributed by atoms with Crippen molar-refractivity contribution in [3.05, 3.63) is 52.8 Å². The van der Waals surface area contributed by atoms with Gasteiger partial charge in [-0.15, -0.1) is 0 Å². The molecule has 1 aromatic heterocycles. The van der Waals surface area contributed by atoms with E-state index >= 15 is 0 Å². The first-order chi connectivity index (χ1) is 14.2. The van der Waals surface area contributed by atoms with Gasteiger partial charge in [0.2, 0.25) is 0 Å². The molecule has 0 N–H and O–H groups in total. The summed E-state index contributed by atoms with van der Waals surface area (Å²) in [5, 5.41) is 0. The fourth-order valence-electron chi connectivity index (χ4n) is 3.43. The molecule has 2 aromatic rings. The number of carbonyl (C=O) groups is 5. The van der Waals surface area contributed by atoms with Crippen molar-refractivity contribution in [3.8, 4) is 11.3 Å². The highest BCUT2D eigenvalue weighted by Gasteiger charge is 2.38. The van der Waals surface area contributed by atoms with Crippen molar-refractivity contribution in [2.75, 3.05) is 20.6 Å². The summed E-state index contributed by atoms with van der Waals surface area (Å²) in [6.07, 6.45) is 1.27. The van der Waals surface area contributed by atoms with Crippen LogP contribution in [-0.4, -0.2) is 65.0 Å². The molecule has 1 aromatic carbocycles. The minimum absolute atomic E-state index is 0.200. The van der Waals surface area contributed by atoms with E-state index in [9.17, 15) is 24.0 Å². The van der Waals surface area contributed by atoms with Gasteiger partial charge < -0.3 is 4.42 Å². The summed E-state index contributed by atoms with van der Waals surface area (Å²) in [4.78, 5) is 63.9. The number of imide groups is 3. The van der Waals surface area contributed by atoms with Crippen LogP contribution in [0.25, 0.3) is 17.4 Å². The van der Waals surface area contributed by atoms with Crippen molar-refractivity contribution in [3.63, 3.8) is 0 Å². The first-order valence-corrected chi connectivity index (χ1v) is 9.16. The van der Waals surface area contributed by atoms with Crippen molar-refractivity contribution in [1.29, 1.82) is 0 Å². The summed E-state index contributed by atoms with van der Waals surface area (Å²) in [6.45, 7) is 2.01. The Kier molecular flexibility index (Phi) is 4.38. The zero-order valence-corrected chi connectivity index (χ0v) is 16.5. The minimum atomic E-state index is -0.720. The number of rotatable bonds is 3. The Labute approximate surface area is 171 Å². The topological polar surface area (TPSA) is 108 Å².